The molecule has 2 amide bonds. The standard InChI is InChI=1S/C12H16N2O5/c1-19-9-4-2-3-8(5-9)6-13-12(18)14-10(7-15)11(16)17/h2-5,10,15H,6-7H2,1H3,(H,16,17)(H2,13,14,18)/t10-/m1/s1. The molecule has 7 nitrogen and oxygen atoms in total. The third-order valence-corrected chi connectivity index (χ3v) is 2.37. The molecule has 104 valence electrons. The first kappa shape index (κ1) is 14.8. The van der Waals surface area contributed by atoms with Gasteiger partial charge < -0.3 is 25.6 Å². The number of methoxy groups -OCH3 is 1. The summed E-state index contributed by atoms with van der Waals surface area (Å²) in [5, 5.41) is 22.0. The number of rotatable bonds is 6. The summed E-state index contributed by atoms with van der Waals surface area (Å²) in [6.45, 7) is -0.442. The van der Waals surface area contributed by atoms with Gasteiger partial charge in [0.2, 0.25) is 0 Å². The van der Waals surface area contributed by atoms with Gasteiger partial charge in [0, 0.05) is 6.54 Å². The fourth-order valence-corrected chi connectivity index (χ4v) is 1.36. The maximum Gasteiger partial charge on any atom is 0.328 e. The topological polar surface area (TPSA) is 108 Å². The molecule has 0 spiro atoms. The maximum absolute atomic E-state index is 11.4. The zero-order chi connectivity index (χ0) is 14.3. The number of aliphatic hydroxyl groups excluding tert-OH is 1. The molecule has 1 aromatic rings. The molecule has 7 heteroatoms. The lowest BCUT2D eigenvalue weighted by Crippen LogP contribution is -2.47. The lowest BCUT2D eigenvalue weighted by molar-refractivity contribution is -0.140. The van der Waals surface area contributed by atoms with Crippen LogP contribution in [0.15, 0.2) is 24.3 Å². The monoisotopic (exact) mass is 268 g/mol. The van der Waals surface area contributed by atoms with E-state index in [1.807, 2.05) is 0 Å². The van der Waals surface area contributed by atoms with Crippen molar-refractivity contribution in [3.63, 3.8) is 0 Å². The van der Waals surface area contributed by atoms with Crippen LogP contribution in [0.25, 0.3) is 0 Å². The number of carboxylic acid groups (broad SMARTS) is 1. The first-order valence-corrected chi connectivity index (χ1v) is 5.57. The van der Waals surface area contributed by atoms with E-state index in [2.05, 4.69) is 10.6 Å². The van der Waals surface area contributed by atoms with Gasteiger partial charge in [-0.1, -0.05) is 12.1 Å². The molecule has 0 saturated carbocycles. The average Bonchev–Trinajstić information content (AvgIpc) is 2.42. The molecule has 1 aromatic carbocycles. The van der Waals surface area contributed by atoms with Crippen LogP contribution >= 0.6 is 0 Å². The fraction of sp³-hybridized carbons (Fsp3) is 0.333. The molecule has 1 atom stereocenters. The van der Waals surface area contributed by atoms with Crippen LogP contribution < -0.4 is 15.4 Å². The second-order valence-corrected chi connectivity index (χ2v) is 3.75. The fourth-order valence-electron chi connectivity index (χ4n) is 1.36. The highest BCUT2D eigenvalue weighted by atomic mass is 16.5. The van der Waals surface area contributed by atoms with E-state index in [1.54, 1.807) is 24.3 Å². The summed E-state index contributed by atoms with van der Waals surface area (Å²) in [6, 6.07) is 5.12. The minimum atomic E-state index is -1.31. The van der Waals surface area contributed by atoms with Gasteiger partial charge in [0.25, 0.3) is 0 Å². The molecule has 0 saturated heterocycles. The minimum Gasteiger partial charge on any atom is -0.497 e. The number of hydrogen-bond donors (Lipinski definition) is 4. The average molecular weight is 268 g/mol. The van der Waals surface area contributed by atoms with Crippen LogP contribution in [-0.4, -0.2) is 42.0 Å². The Morgan fingerprint density at radius 1 is 1.42 bits per heavy atom. The quantitative estimate of drug-likeness (QED) is 0.578. The summed E-state index contributed by atoms with van der Waals surface area (Å²) in [6.07, 6.45) is 0. The number of aliphatic hydroxyl groups is 1. The Hall–Kier alpha value is -2.28. The van der Waals surface area contributed by atoms with Crippen LogP contribution in [0.2, 0.25) is 0 Å². The first-order chi connectivity index (χ1) is 9.06. The Labute approximate surface area is 110 Å². The summed E-state index contributed by atoms with van der Waals surface area (Å²) in [4.78, 5) is 22.0. The smallest absolute Gasteiger partial charge is 0.328 e. The van der Waals surface area contributed by atoms with E-state index in [9.17, 15) is 9.59 Å². The molecular weight excluding hydrogens is 252 g/mol. The Morgan fingerprint density at radius 2 is 2.16 bits per heavy atom. The van der Waals surface area contributed by atoms with Gasteiger partial charge in [0.05, 0.1) is 13.7 Å². The lowest BCUT2D eigenvalue weighted by Gasteiger charge is -2.12. The summed E-state index contributed by atoms with van der Waals surface area (Å²) in [7, 11) is 1.54. The SMILES string of the molecule is COc1cccc(CNC(=O)N[C@H](CO)C(=O)O)c1. The Kier molecular flexibility index (Phi) is 5.62. The van der Waals surface area contributed by atoms with Gasteiger partial charge in [0.15, 0.2) is 6.04 Å². The van der Waals surface area contributed by atoms with Crippen molar-refractivity contribution in [1.82, 2.24) is 10.6 Å². The van der Waals surface area contributed by atoms with Crippen molar-refractivity contribution in [1.29, 1.82) is 0 Å². The van der Waals surface area contributed by atoms with E-state index in [-0.39, 0.29) is 6.54 Å². The molecule has 0 aromatic heterocycles. The van der Waals surface area contributed by atoms with E-state index >= 15 is 0 Å². The van der Waals surface area contributed by atoms with E-state index in [4.69, 9.17) is 14.9 Å². The lowest BCUT2D eigenvalue weighted by atomic mass is 10.2. The number of amides is 2. The second kappa shape index (κ2) is 7.22. The molecule has 0 aliphatic carbocycles. The summed E-state index contributed by atoms with van der Waals surface area (Å²) in [5.41, 5.74) is 0.811. The first-order valence-electron chi connectivity index (χ1n) is 5.57. The normalized spacial score (nSPS) is 11.5. The summed E-state index contributed by atoms with van der Waals surface area (Å²) in [5.74, 6) is -0.627. The highest BCUT2D eigenvalue weighted by Crippen LogP contribution is 2.11. The number of urea groups is 1. The van der Waals surface area contributed by atoms with Gasteiger partial charge in [-0.15, -0.1) is 0 Å². The van der Waals surface area contributed by atoms with Crippen molar-refractivity contribution in [2.75, 3.05) is 13.7 Å². The van der Waals surface area contributed by atoms with Crippen LogP contribution in [0, 0.1) is 0 Å². The minimum absolute atomic E-state index is 0.223. The number of benzene rings is 1. The van der Waals surface area contributed by atoms with E-state index in [1.165, 1.54) is 7.11 Å². The van der Waals surface area contributed by atoms with E-state index < -0.39 is 24.6 Å². The van der Waals surface area contributed by atoms with Crippen molar-refractivity contribution >= 4 is 12.0 Å². The van der Waals surface area contributed by atoms with Crippen molar-refractivity contribution in [2.24, 2.45) is 0 Å². The number of hydrogen-bond acceptors (Lipinski definition) is 4. The second-order valence-electron chi connectivity index (χ2n) is 3.75. The molecular formula is C12H16N2O5. The number of nitrogens with one attached hydrogen (secondary N) is 2. The van der Waals surface area contributed by atoms with Gasteiger partial charge in [-0.3, -0.25) is 0 Å². The highest BCUT2D eigenvalue weighted by Gasteiger charge is 2.18. The Balaban J connectivity index is 2.47. The molecule has 0 unspecified atom stereocenters. The van der Waals surface area contributed by atoms with Gasteiger partial charge in [-0.25, -0.2) is 9.59 Å². The van der Waals surface area contributed by atoms with Crippen LogP contribution in [0.4, 0.5) is 4.79 Å². The van der Waals surface area contributed by atoms with Crippen LogP contribution in [0.5, 0.6) is 5.75 Å². The molecule has 1 rings (SSSR count). The predicted octanol–water partition coefficient (Wildman–Crippen LogP) is -0.0601. The number of carbonyl (C=O) groups excluding carboxylic acids is 1. The van der Waals surface area contributed by atoms with Crippen molar-refractivity contribution < 1.29 is 24.5 Å². The molecule has 4 N–H and O–H groups in total. The molecule has 0 fully saturated rings. The van der Waals surface area contributed by atoms with Crippen LogP contribution in [0.3, 0.4) is 0 Å². The predicted molar refractivity (Wildman–Crippen MR) is 66.9 cm³/mol. The summed E-state index contributed by atoms with van der Waals surface area (Å²) < 4.78 is 5.04. The third kappa shape index (κ3) is 4.84. The van der Waals surface area contributed by atoms with E-state index in [0.717, 1.165) is 5.56 Å². The number of ether oxygens (including phenoxy) is 1. The maximum atomic E-state index is 11.4. The van der Waals surface area contributed by atoms with Gasteiger partial charge in [-0.05, 0) is 17.7 Å². The van der Waals surface area contributed by atoms with Crippen LogP contribution in [0.1, 0.15) is 5.56 Å². The molecule has 0 aliphatic rings. The highest BCUT2D eigenvalue weighted by molar-refractivity contribution is 5.82. The molecule has 19 heavy (non-hydrogen) atoms. The van der Waals surface area contributed by atoms with Crippen LogP contribution in [-0.2, 0) is 11.3 Å². The number of carbonyl (C=O) groups is 2. The number of aliphatic carboxylic acids is 1. The van der Waals surface area contributed by atoms with E-state index in [0.29, 0.717) is 5.75 Å². The molecule has 0 aliphatic heterocycles. The zero-order valence-corrected chi connectivity index (χ0v) is 10.4. The Morgan fingerprint density at radius 3 is 2.74 bits per heavy atom. The van der Waals surface area contributed by atoms with Crippen molar-refractivity contribution in [3.8, 4) is 5.75 Å². The zero-order valence-electron chi connectivity index (χ0n) is 10.4. The van der Waals surface area contributed by atoms with Gasteiger partial charge >= 0.3 is 12.0 Å². The number of carboxylic acids is 1. The molecule has 0 radical (unpaired) electrons. The molecule has 0 bridgehead atoms. The van der Waals surface area contributed by atoms with Crippen molar-refractivity contribution in [2.45, 2.75) is 12.6 Å². The third-order valence-electron chi connectivity index (χ3n) is 2.37. The molecule has 0 heterocycles. The largest absolute Gasteiger partial charge is 0.497 e. The van der Waals surface area contributed by atoms with Crippen molar-refractivity contribution in [3.05, 3.63) is 29.8 Å². The van der Waals surface area contributed by atoms with Gasteiger partial charge in [0.1, 0.15) is 5.75 Å². The summed E-state index contributed by atoms with van der Waals surface area (Å²) >= 11 is 0. The van der Waals surface area contributed by atoms with Gasteiger partial charge in [-0.2, -0.15) is 0 Å². The Bertz CT molecular complexity index is 450.